The SMILES string of the molecule is Cc1ccc(CNC(=O)[C@@]2(C)Cn3cnc(C(=O)Nc4ccccc4C)c3C(=O)N2C2CC2)cc1. The molecular weight excluding hydrogens is 442 g/mol. The van der Waals surface area contributed by atoms with Gasteiger partial charge in [0, 0.05) is 18.3 Å². The molecule has 0 radical (unpaired) electrons. The summed E-state index contributed by atoms with van der Waals surface area (Å²) in [7, 11) is 0. The van der Waals surface area contributed by atoms with Gasteiger partial charge in [0.25, 0.3) is 11.8 Å². The predicted octanol–water partition coefficient (Wildman–Crippen LogP) is 3.45. The lowest BCUT2D eigenvalue weighted by molar-refractivity contribution is -0.133. The molecule has 1 saturated carbocycles. The van der Waals surface area contributed by atoms with Crippen molar-refractivity contribution in [3.05, 3.63) is 82.9 Å². The number of imidazole rings is 1. The van der Waals surface area contributed by atoms with Gasteiger partial charge in [-0.1, -0.05) is 48.0 Å². The lowest BCUT2D eigenvalue weighted by Crippen LogP contribution is -2.64. The smallest absolute Gasteiger partial charge is 0.276 e. The van der Waals surface area contributed by atoms with Gasteiger partial charge in [-0.2, -0.15) is 0 Å². The molecule has 0 saturated heterocycles. The third-order valence-electron chi connectivity index (χ3n) is 6.85. The number of carbonyl (C=O) groups excluding carboxylic acids is 3. The largest absolute Gasteiger partial charge is 0.350 e. The minimum Gasteiger partial charge on any atom is -0.350 e. The number of para-hydroxylation sites is 1. The van der Waals surface area contributed by atoms with E-state index in [9.17, 15) is 14.4 Å². The molecule has 3 amide bonds. The zero-order valence-electron chi connectivity index (χ0n) is 20.2. The number of aromatic nitrogens is 2. The zero-order chi connectivity index (χ0) is 24.7. The molecule has 3 aromatic rings. The Hall–Kier alpha value is -3.94. The van der Waals surface area contributed by atoms with Gasteiger partial charge in [0.2, 0.25) is 5.91 Å². The number of hydrogen-bond donors (Lipinski definition) is 2. The molecule has 1 atom stereocenters. The van der Waals surface area contributed by atoms with E-state index in [1.807, 2.05) is 62.4 Å². The number of hydrogen-bond acceptors (Lipinski definition) is 4. The average Bonchev–Trinajstić information content (AvgIpc) is 3.57. The standard InChI is InChI=1S/C27H29N5O3/c1-17-8-10-19(11-9-17)14-28-26(35)27(3)15-31-16-29-22(23(31)25(34)32(27)20-12-13-20)24(33)30-21-7-5-4-6-18(21)2/h4-11,16,20H,12-15H2,1-3H3,(H,28,35)(H,30,33)/t27-/m1/s1. The van der Waals surface area contributed by atoms with Crippen LogP contribution in [-0.4, -0.2) is 43.8 Å². The van der Waals surface area contributed by atoms with Crippen LogP contribution in [0.5, 0.6) is 0 Å². The van der Waals surface area contributed by atoms with E-state index in [1.165, 1.54) is 6.33 Å². The van der Waals surface area contributed by atoms with Crippen LogP contribution in [0.1, 0.15) is 57.4 Å². The number of rotatable bonds is 6. The van der Waals surface area contributed by atoms with Gasteiger partial charge in [0.05, 0.1) is 12.9 Å². The molecule has 1 fully saturated rings. The first kappa shape index (κ1) is 22.8. The maximum Gasteiger partial charge on any atom is 0.276 e. The fourth-order valence-electron chi connectivity index (χ4n) is 4.69. The molecule has 8 nitrogen and oxygen atoms in total. The molecule has 35 heavy (non-hydrogen) atoms. The Kier molecular flexibility index (Phi) is 5.67. The summed E-state index contributed by atoms with van der Waals surface area (Å²) >= 11 is 0. The lowest BCUT2D eigenvalue weighted by Gasteiger charge is -2.44. The first-order valence-corrected chi connectivity index (χ1v) is 11.9. The molecule has 0 bridgehead atoms. The van der Waals surface area contributed by atoms with Gasteiger partial charge in [-0.15, -0.1) is 0 Å². The Labute approximate surface area is 204 Å². The zero-order valence-corrected chi connectivity index (χ0v) is 20.2. The summed E-state index contributed by atoms with van der Waals surface area (Å²) in [5, 5.41) is 5.88. The van der Waals surface area contributed by atoms with Gasteiger partial charge >= 0.3 is 0 Å². The van der Waals surface area contributed by atoms with Gasteiger partial charge in [-0.3, -0.25) is 14.4 Å². The topological polar surface area (TPSA) is 96.3 Å². The van der Waals surface area contributed by atoms with Crippen molar-refractivity contribution >= 4 is 23.4 Å². The predicted molar refractivity (Wildman–Crippen MR) is 132 cm³/mol. The quantitative estimate of drug-likeness (QED) is 0.576. The van der Waals surface area contributed by atoms with Crippen molar-refractivity contribution in [3.8, 4) is 0 Å². The van der Waals surface area contributed by atoms with Gasteiger partial charge < -0.3 is 20.1 Å². The molecule has 1 aliphatic heterocycles. The summed E-state index contributed by atoms with van der Waals surface area (Å²) in [6.07, 6.45) is 3.16. The van der Waals surface area contributed by atoms with Crippen molar-refractivity contribution in [2.45, 2.75) is 58.3 Å². The van der Waals surface area contributed by atoms with Crippen LogP contribution in [0.2, 0.25) is 0 Å². The van der Waals surface area contributed by atoms with Crippen LogP contribution in [0.25, 0.3) is 0 Å². The van der Waals surface area contributed by atoms with Crippen LogP contribution >= 0.6 is 0 Å². The number of fused-ring (bicyclic) bond motifs is 1. The highest BCUT2D eigenvalue weighted by Crippen LogP contribution is 2.39. The van der Waals surface area contributed by atoms with Crippen LogP contribution in [0.4, 0.5) is 5.69 Å². The second-order valence-corrected chi connectivity index (χ2v) is 9.69. The van der Waals surface area contributed by atoms with Crippen molar-refractivity contribution in [2.24, 2.45) is 0 Å². The van der Waals surface area contributed by atoms with Crippen LogP contribution < -0.4 is 10.6 Å². The number of nitrogens with zero attached hydrogens (tertiary/aromatic N) is 3. The number of anilines is 1. The number of amides is 3. The maximum atomic E-state index is 13.7. The normalized spacial score (nSPS) is 19.3. The number of aryl methyl sites for hydroxylation is 2. The molecule has 0 unspecified atom stereocenters. The van der Waals surface area contributed by atoms with Gasteiger partial charge in [-0.05, 0) is 50.8 Å². The van der Waals surface area contributed by atoms with Crippen molar-refractivity contribution < 1.29 is 14.4 Å². The highest BCUT2D eigenvalue weighted by Gasteiger charge is 2.53. The van der Waals surface area contributed by atoms with E-state index in [0.717, 1.165) is 29.5 Å². The van der Waals surface area contributed by atoms with E-state index >= 15 is 0 Å². The Bertz CT molecular complexity index is 1310. The van der Waals surface area contributed by atoms with Crippen molar-refractivity contribution in [3.63, 3.8) is 0 Å². The Morgan fingerprint density at radius 2 is 1.80 bits per heavy atom. The molecule has 2 heterocycles. The molecule has 2 aromatic carbocycles. The summed E-state index contributed by atoms with van der Waals surface area (Å²) in [5.41, 5.74) is 2.95. The maximum absolute atomic E-state index is 13.7. The van der Waals surface area contributed by atoms with Crippen LogP contribution in [0, 0.1) is 13.8 Å². The number of benzene rings is 2. The minimum absolute atomic E-state index is 0.0199. The number of nitrogens with one attached hydrogen (secondary N) is 2. The van der Waals surface area contributed by atoms with E-state index in [1.54, 1.807) is 16.4 Å². The van der Waals surface area contributed by atoms with E-state index < -0.39 is 11.4 Å². The van der Waals surface area contributed by atoms with Crippen molar-refractivity contribution in [1.29, 1.82) is 0 Å². The average molecular weight is 472 g/mol. The highest BCUT2D eigenvalue weighted by molar-refractivity contribution is 6.12. The van der Waals surface area contributed by atoms with E-state index in [4.69, 9.17) is 0 Å². The summed E-state index contributed by atoms with van der Waals surface area (Å²) in [4.78, 5) is 46.2. The molecule has 1 aliphatic carbocycles. The molecule has 5 rings (SSSR count). The van der Waals surface area contributed by atoms with Gasteiger partial charge in [0.1, 0.15) is 11.2 Å². The first-order chi connectivity index (χ1) is 16.8. The van der Waals surface area contributed by atoms with Gasteiger partial charge in [0.15, 0.2) is 5.69 Å². The summed E-state index contributed by atoms with van der Waals surface area (Å²) in [6.45, 7) is 6.32. The van der Waals surface area contributed by atoms with Crippen molar-refractivity contribution in [2.75, 3.05) is 5.32 Å². The first-order valence-electron chi connectivity index (χ1n) is 11.9. The van der Waals surface area contributed by atoms with E-state index in [2.05, 4.69) is 15.6 Å². The molecule has 0 spiro atoms. The van der Waals surface area contributed by atoms with Crippen LogP contribution in [0.3, 0.4) is 0 Å². The van der Waals surface area contributed by atoms with E-state index in [0.29, 0.717) is 12.2 Å². The fraction of sp³-hybridized carbons (Fsp3) is 0.333. The molecule has 1 aromatic heterocycles. The second kappa shape index (κ2) is 8.69. The van der Waals surface area contributed by atoms with Gasteiger partial charge in [-0.25, -0.2) is 4.98 Å². The molecular formula is C27H29N5O3. The lowest BCUT2D eigenvalue weighted by atomic mass is 9.93. The summed E-state index contributed by atoms with van der Waals surface area (Å²) in [6, 6.07) is 15.4. The Morgan fingerprint density at radius 3 is 2.49 bits per heavy atom. The third-order valence-corrected chi connectivity index (χ3v) is 6.85. The monoisotopic (exact) mass is 471 g/mol. The molecule has 2 N–H and O–H groups in total. The fourth-order valence-corrected chi connectivity index (χ4v) is 4.69. The minimum atomic E-state index is -1.08. The number of carbonyl (C=O) groups is 3. The summed E-state index contributed by atoms with van der Waals surface area (Å²) in [5.74, 6) is -0.993. The van der Waals surface area contributed by atoms with Crippen LogP contribution in [0.15, 0.2) is 54.9 Å². The summed E-state index contributed by atoms with van der Waals surface area (Å²) < 4.78 is 1.64. The van der Waals surface area contributed by atoms with E-state index in [-0.39, 0.29) is 35.8 Å². The van der Waals surface area contributed by atoms with Crippen molar-refractivity contribution in [1.82, 2.24) is 19.8 Å². The second-order valence-electron chi connectivity index (χ2n) is 9.69. The Balaban J connectivity index is 1.41. The third kappa shape index (κ3) is 4.20. The molecule has 2 aliphatic rings. The Morgan fingerprint density at radius 1 is 1.09 bits per heavy atom. The molecule has 8 heteroatoms. The highest BCUT2D eigenvalue weighted by atomic mass is 16.2. The van der Waals surface area contributed by atoms with Crippen LogP contribution in [-0.2, 0) is 17.9 Å². The molecule has 180 valence electrons.